The van der Waals surface area contributed by atoms with Crippen LogP contribution in [0.2, 0.25) is 0 Å². The Morgan fingerprint density at radius 2 is 1.89 bits per heavy atom. The van der Waals surface area contributed by atoms with Crippen LogP contribution >= 0.6 is 11.6 Å². The molecular formula is C20H18ClF6N5O3. The minimum atomic E-state index is -5.05. The van der Waals surface area contributed by atoms with Crippen molar-refractivity contribution < 1.29 is 40.7 Å². The van der Waals surface area contributed by atoms with Gasteiger partial charge in [0, 0.05) is 42.9 Å². The number of hydrogen-bond acceptors (Lipinski definition) is 6. The van der Waals surface area contributed by atoms with Gasteiger partial charge in [-0.05, 0) is 19.4 Å². The second-order valence-electron chi connectivity index (χ2n) is 7.85. The third-order valence-electron chi connectivity index (χ3n) is 5.36. The van der Waals surface area contributed by atoms with Crippen LogP contribution in [0.1, 0.15) is 31.7 Å². The molecular weight excluding hydrogens is 508 g/mol. The zero-order chi connectivity index (χ0) is 26.0. The van der Waals surface area contributed by atoms with E-state index in [2.05, 4.69) is 25.0 Å². The van der Waals surface area contributed by atoms with Crippen LogP contribution in [0.25, 0.3) is 0 Å². The van der Waals surface area contributed by atoms with E-state index in [-0.39, 0.29) is 17.7 Å². The van der Waals surface area contributed by atoms with Crippen molar-refractivity contribution in [2.75, 3.05) is 4.90 Å². The second-order valence-corrected chi connectivity index (χ2v) is 8.23. The quantitative estimate of drug-likeness (QED) is 0.436. The summed E-state index contributed by atoms with van der Waals surface area (Å²) < 4.78 is 82.6. The number of pyridine rings is 1. The van der Waals surface area contributed by atoms with Gasteiger partial charge in [0.15, 0.2) is 5.54 Å². The molecule has 0 spiro atoms. The molecule has 190 valence electrons. The second kappa shape index (κ2) is 9.84. The summed E-state index contributed by atoms with van der Waals surface area (Å²) in [5.74, 6) is -6.37. The third-order valence-corrected chi connectivity index (χ3v) is 5.54. The number of ether oxygens (including phenoxy) is 1. The van der Waals surface area contributed by atoms with Crippen molar-refractivity contribution in [3.05, 3.63) is 42.6 Å². The predicted molar refractivity (Wildman–Crippen MR) is 109 cm³/mol. The van der Waals surface area contributed by atoms with E-state index in [1.807, 2.05) is 0 Å². The molecule has 1 aliphatic rings. The van der Waals surface area contributed by atoms with E-state index in [9.17, 15) is 35.9 Å². The highest BCUT2D eigenvalue weighted by Crippen LogP contribution is 2.38. The van der Waals surface area contributed by atoms with Crippen molar-refractivity contribution in [3.63, 3.8) is 0 Å². The summed E-state index contributed by atoms with van der Waals surface area (Å²) >= 11 is 5.38. The van der Waals surface area contributed by atoms with Gasteiger partial charge in [0.2, 0.25) is 11.8 Å². The summed E-state index contributed by atoms with van der Waals surface area (Å²) in [7, 11) is 0. The maximum atomic E-state index is 14.1. The number of amides is 2. The molecule has 35 heavy (non-hydrogen) atoms. The fraction of sp³-hybridized carbons (Fsp3) is 0.450. The van der Waals surface area contributed by atoms with E-state index in [1.165, 1.54) is 0 Å². The molecule has 1 N–H and O–H groups in total. The number of carbonyl (C=O) groups excluding carboxylic acids is 2. The number of alkyl halides is 7. The van der Waals surface area contributed by atoms with Gasteiger partial charge in [-0.15, -0.1) is 13.2 Å². The van der Waals surface area contributed by atoms with E-state index in [0.29, 0.717) is 4.90 Å². The van der Waals surface area contributed by atoms with Crippen molar-refractivity contribution in [2.45, 2.75) is 55.7 Å². The monoisotopic (exact) mass is 525 g/mol. The Morgan fingerprint density at radius 3 is 2.37 bits per heavy atom. The van der Waals surface area contributed by atoms with E-state index in [0.717, 1.165) is 44.0 Å². The molecule has 3 atom stereocenters. The van der Waals surface area contributed by atoms with Gasteiger partial charge in [0.25, 0.3) is 17.4 Å². The van der Waals surface area contributed by atoms with Crippen LogP contribution in [0.5, 0.6) is 5.88 Å². The summed E-state index contributed by atoms with van der Waals surface area (Å²) in [6.07, 6.45) is -2.13. The first kappa shape index (κ1) is 26.4. The Balaban J connectivity index is 2.07. The van der Waals surface area contributed by atoms with Gasteiger partial charge in [-0.2, -0.15) is 0 Å². The maximum absolute atomic E-state index is 14.1. The normalized spacial score (nSPS) is 19.9. The van der Waals surface area contributed by atoms with E-state index >= 15 is 0 Å². The van der Waals surface area contributed by atoms with Crippen molar-refractivity contribution in [2.24, 2.45) is 0 Å². The summed E-state index contributed by atoms with van der Waals surface area (Å²) in [6, 6.07) is 0.697. The Bertz CT molecular complexity index is 1060. The summed E-state index contributed by atoms with van der Waals surface area (Å²) in [5, 5.41) is 2.43. The van der Waals surface area contributed by atoms with Gasteiger partial charge in [0.1, 0.15) is 6.33 Å². The molecule has 0 radical (unpaired) electrons. The number of aromatic nitrogens is 3. The zero-order valence-corrected chi connectivity index (χ0v) is 18.7. The molecule has 1 fully saturated rings. The van der Waals surface area contributed by atoms with Crippen LogP contribution in [0.15, 0.2) is 37.1 Å². The van der Waals surface area contributed by atoms with Crippen molar-refractivity contribution in [1.82, 2.24) is 20.3 Å². The lowest BCUT2D eigenvalue weighted by molar-refractivity contribution is -0.276. The van der Waals surface area contributed by atoms with Crippen molar-refractivity contribution in [3.8, 4) is 5.88 Å². The summed E-state index contributed by atoms with van der Waals surface area (Å²) in [4.78, 5) is 37.9. The van der Waals surface area contributed by atoms with Gasteiger partial charge in [-0.1, -0.05) is 11.6 Å². The zero-order valence-electron chi connectivity index (χ0n) is 17.9. The number of nitrogens with zero attached hydrogens (tertiary/aromatic N) is 4. The van der Waals surface area contributed by atoms with Gasteiger partial charge < -0.3 is 10.1 Å². The minimum Gasteiger partial charge on any atom is -0.388 e. The topological polar surface area (TPSA) is 97.3 Å². The molecule has 2 aromatic rings. The number of halogens is 7. The van der Waals surface area contributed by atoms with Gasteiger partial charge in [-0.3, -0.25) is 14.5 Å². The summed E-state index contributed by atoms with van der Waals surface area (Å²) in [6.45, 7) is 1.16. The number of hydrogen-bond donors (Lipinski definition) is 1. The third kappa shape index (κ3) is 6.10. The number of rotatable bonds is 7. The molecule has 0 saturated heterocycles. The molecule has 0 aliphatic heterocycles. The first-order chi connectivity index (χ1) is 16.2. The first-order valence-electron chi connectivity index (χ1n) is 10.0. The largest absolute Gasteiger partial charge is 0.574 e. The van der Waals surface area contributed by atoms with Crippen molar-refractivity contribution in [1.29, 1.82) is 0 Å². The van der Waals surface area contributed by atoms with Gasteiger partial charge in [0.05, 0.1) is 11.9 Å². The summed E-state index contributed by atoms with van der Waals surface area (Å²) in [5.41, 5.74) is -5.27. The SMILES string of the molecule is C[C@](C(=O)N[C@@H]1CCC(F)(F)C1)(c1cncnc1)N(C(=O)[C@H](F)Cl)c1ccc(OC(F)(F)F)nc1. The molecule has 2 amide bonds. The Hall–Kier alpha value is -3.16. The predicted octanol–water partition coefficient (Wildman–Crippen LogP) is 3.86. The van der Waals surface area contributed by atoms with Crippen LogP contribution < -0.4 is 15.0 Å². The highest BCUT2D eigenvalue weighted by Gasteiger charge is 2.49. The van der Waals surface area contributed by atoms with Crippen LogP contribution in [-0.2, 0) is 15.1 Å². The lowest BCUT2D eigenvalue weighted by Gasteiger charge is -2.40. The fourth-order valence-electron chi connectivity index (χ4n) is 3.70. The molecule has 1 saturated carbocycles. The van der Waals surface area contributed by atoms with Gasteiger partial charge >= 0.3 is 6.36 Å². The van der Waals surface area contributed by atoms with Crippen molar-refractivity contribution >= 4 is 29.1 Å². The molecule has 0 unspecified atom stereocenters. The minimum absolute atomic E-state index is 0.0552. The lowest BCUT2D eigenvalue weighted by atomic mass is 9.89. The first-order valence-corrected chi connectivity index (χ1v) is 10.4. The molecule has 0 bridgehead atoms. The molecule has 0 aromatic carbocycles. The van der Waals surface area contributed by atoms with E-state index in [4.69, 9.17) is 11.6 Å². The Kier molecular flexibility index (Phi) is 7.43. The Labute approximate surface area is 199 Å². The molecule has 2 aromatic heterocycles. The van der Waals surface area contributed by atoms with E-state index < -0.39 is 60.0 Å². The molecule has 15 heteroatoms. The molecule has 2 heterocycles. The number of anilines is 1. The van der Waals surface area contributed by atoms with Crippen LogP contribution in [-0.4, -0.2) is 50.7 Å². The standard InChI is InChI=1S/C20H18ClF6N5O3/c1-18(11-7-28-10-29-8-11,17(34)31-12-4-5-19(23,24)6-12)32(16(33)15(21)22)13-2-3-14(30-9-13)35-20(25,26)27/h2-3,7-10,12,15H,4-6H2,1H3,(H,31,34)/t12-,15+,18-/m1/s1. The molecule has 8 nitrogen and oxygen atoms in total. The molecule has 3 rings (SSSR count). The van der Waals surface area contributed by atoms with Gasteiger partial charge in [-0.25, -0.2) is 28.1 Å². The smallest absolute Gasteiger partial charge is 0.388 e. The fourth-order valence-corrected chi connectivity index (χ4v) is 3.80. The average Bonchev–Trinajstić information content (AvgIpc) is 3.12. The van der Waals surface area contributed by atoms with Crippen LogP contribution in [0.3, 0.4) is 0 Å². The number of nitrogens with one attached hydrogen (secondary N) is 1. The van der Waals surface area contributed by atoms with Crippen LogP contribution in [0.4, 0.5) is 32.0 Å². The Morgan fingerprint density at radius 1 is 1.23 bits per heavy atom. The average molecular weight is 526 g/mol. The molecule has 1 aliphatic carbocycles. The maximum Gasteiger partial charge on any atom is 0.574 e. The number of carbonyl (C=O) groups is 2. The highest BCUT2D eigenvalue weighted by atomic mass is 35.5. The van der Waals surface area contributed by atoms with E-state index in [1.54, 1.807) is 0 Å². The highest BCUT2D eigenvalue weighted by molar-refractivity contribution is 6.32. The lowest BCUT2D eigenvalue weighted by Crippen LogP contribution is -2.59. The van der Waals surface area contributed by atoms with Crippen LogP contribution in [0, 0.1) is 0 Å².